The number of anilines is 2. The van der Waals surface area contributed by atoms with Gasteiger partial charge in [-0.25, -0.2) is 4.98 Å². The Hall–Kier alpha value is -2.70. The van der Waals surface area contributed by atoms with E-state index in [1.54, 1.807) is 18.4 Å². The minimum atomic E-state index is -0.133. The number of amides is 1. The number of para-hydroxylation sites is 1. The summed E-state index contributed by atoms with van der Waals surface area (Å²) in [7, 11) is 5.70. The summed E-state index contributed by atoms with van der Waals surface area (Å²) in [6.07, 6.45) is 3.17. The smallest absolute Gasteiger partial charge is 0.256 e. The molecule has 3 aromatic rings. The van der Waals surface area contributed by atoms with Gasteiger partial charge in [0.1, 0.15) is 5.01 Å². The predicted octanol–water partition coefficient (Wildman–Crippen LogP) is 5.15. The largest absolute Gasteiger partial charge is 0.378 e. The highest BCUT2D eigenvalue weighted by Crippen LogP contribution is 2.40. The van der Waals surface area contributed by atoms with Gasteiger partial charge in [-0.2, -0.15) is 0 Å². The molecule has 1 amide bonds. The summed E-state index contributed by atoms with van der Waals surface area (Å²) in [5.41, 5.74) is 4.34. The lowest BCUT2D eigenvalue weighted by Crippen LogP contribution is -2.15. The summed E-state index contributed by atoms with van der Waals surface area (Å²) >= 11 is 1.64. The van der Waals surface area contributed by atoms with E-state index in [0.717, 1.165) is 46.9 Å². The van der Waals surface area contributed by atoms with Crippen LogP contribution < -0.4 is 10.2 Å². The summed E-state index contributed by atoms with van der Waals surface area (Å²) in [6.45, 7) is 0. The number of nitrogens with zero attached hydrogens (tertiary/aromatic N) is 2. The number of hydrogen-bond acceptors (Lipinski definition) is 5. The quantitative estimate of drug-likeness (QED) is 0.635. The fourth-order valence-electron chi connectivity index (χ4n) is 3.62. The van der Waals surface area contributed by atoms with Crippen molar-refractivity contribution in [3.05, 3.63) is 64.7 Å². The highest BCUT2D eigenvalue weighted by Gasteiger charge is 2.26. The zero-order chi connectivity index (χ0) is 20.4. The first-order chi connectivity index (χ1) is 14.1. The van der Waals surface area contributed by atoms with E-state index in [2.05, 4.69) is 5.32 Å². The highest BCUT2D eigenvalue weighted by atomic mass is 32.1. The number of thiazole rings is 1. The van der Waals surface area contributed by atoms with Crippen LogP contribution in [0.1, 0.15) is 39.9 Å². The zero-order valence-corrected chi connectivity index (χ0v) is 17.8. The van der Waals surface area contributed by atoms with Crippen molar-refractivity contribution in [2.24, 2.45) is 0 Å². The maximum absolute atomic E-state index is 13.2. The number of ether oxygens (including phenoxy) is 1. The monoisotopic (exact) mass is 407 g/mol. The van der Waals surface area contributed by atoms with Crippen LogP contribution in [0.15, 0.2) is 48.5 Å². The molecule has 0 spiro atoms. The van der Waals surface area contributed by atoms with Gasteiger partial charge in [-0.1, -0.05) is 18.2 Å². The van der Waals surface area contributed by atoms with Gasteiger partial charge < -0.3 is 15.0 Å². The van der Waals surface area contributed by atoms with Crippen molar-refractivity contribution in [2.75, 3.05) is 31.4 Å². The Morgan fingerprint density at radius 3 is 2.72 bits per heavy atom. The van der Waals surface area contributed by atoms with E-state index in [1.165, 1.54) is 4.88 Å². The van der Waals surface area contributed by atoms with Crippen LogP contribution in [0.5, 0.6) is 0 Å². The van der Waals surface area contributed by atoms with Crippen LogP contribution in [0.3, 0.4) is 0 Å². The van der Waals surface area contributed by atoms with Gasteiger partial charge in [-0.3, -0.25) is 4.79 Å². The topological polar surface area (TPSA) is 54.5 Å². The van der Waals surface area contributed by atoms with Gasteiger partial charge in [0.15, 0.2) is 0 Å². The molecule has 2 aromatic carbocycles. The van der Waals surface area contributed by atoms with E-state index >= 15 is 0 Å². The van der Waals surface area contributed by atoms with Crippen molar-refractivity contribution in [1.82, 2.24) is 4.98 Å². The fourth-order valence-corrected chi connectivity index (χ4v) is 4.89. The molecule has 0 saturated heterocycles. The molecule has 1 aliphatic rings. The molecule has 1 aliphatic carbocycles. The Labute approximate surface area is 175 Å². The Morgan fingerprint density at radius 2 is 2.00 bits per heavy atom. The van der Waals surface area contributed by atoms with Crippen LogP contribution in [0, 0.1) is 0 Å². The summed E-state index contributed by atoms with van der Waals surface area (Å²) in [6, 6.07) is 15.5. The number of rotatable bonds is 5. The van der Waals surface area contributed by atoms with Gasteiger partial charge >= 0.3 is 0 Å². The van der Waals surface area contributed by atoms with Crippen LogP contribution in [0.4, 0.5) is 11.4 Å². The molecular formula is C23H25N3O2S. The molecule has 0 radical (unpaired) electrons. The molecule has 0 bridgehead atoms. The van der Waals surface area contributed by atoms with Crippen LogP contribution in [-0.2, 0) is 11.2 Å². The second-order valence-electron chi connectivity index (χ2n) is 7.39. The predicted molar refractivity (Wildman–Crippen MR) is 119 cm³/mol. The first-order valence-corrected chi connectivity index (χ1v) is 10.6. The summed E-state index contributed by atoms with van der Waals surface area (Å²) < 4.78 is 5.66. The lowest BCUT2D eigenvalue weighted by atomic mass is 10.0. The van der Waals surface area contributed by atoms with Crippen LogP contribution in [0.2, 0.25) is 0 Å². The molecule has 150 valence electrons. The molecule has 5 nitrogen and oxygen atoms in total. The van der Waals surface area contributed by atoms with Crippen molar-refractivity contribution < 1.29 is 9.53 Å². The molecule has 0 aliphatic heterocycles. The number of aromatic nitrogens is 1. The Morgan fingerprint density at radius 1 is 1.21 bits per heavy atom. The first-order valence-electron chi connectivity index (χ1n) is 9.77. The minimum Gasteiger partial charge on any atom is -0.378 e. The van der Waals surface area contributed by atoms with Crippen LogP contribution in [-0.4, -0.2) is 32.1 Å². The number of nitrogens with one attached hydrogen (secondary N) is 1. The van der Waals surface area contributed by atoms with E-state index in [9.17, 15) is 4.79 Å². The van der Waals surface area contributed by atoms with E-state index in [1.807, 2.05) is 67.5 Å². The molecule has 0 saturated carbocycles. The number of methoxy groups -OCH3 is 1. The average molecular weight is 408 g/mol. The maximum Gasteiger partial charge on any atom is 0.256 e. The average Bonchev–Trinajstić information content (AvgIpc) is 3.18. The lowest BCUT2D eigenvalue weighted by molar-refractivity contribution is 0.0908. The van der Waals surface area contributed by atoms with Crippen molar-refractivity contribution >= 4 is 28.6 Å². The van der Waals surface area contributed by atoms with E-state index in [4.69, 9.17) is 9.72 Å². The summed E-state index contributed by atoms with van der Waals surface area (Å²) in [5.74, 6) is -0.133. The van der Waals surface area contributed by atoms with E-state index < -0.39 is 0 Å². The van der Waals surface area contributed by atoms with Gasteiger partial charge in [-0.15, -0.1) is 11.3 Å². The standard InChI is InChI=1S/C23H25N3O2S/c1-26(2)16-12-13-17(18(14-16)22(27)24-15-8-5-4-6-9-15)23-25-19-10-7-11-20(28-3)21(19)29-23/h4-6,8-9,12-14,20H,7,10-11H2,1-3H3,(H,24,27). The number of aryl methyl sites for hydroxylation is 1. The Balaban J connectivity index is 1.75. The molecule has 1 aromatic heterocycles. The molecule has 1 atom stereocenters. The van der Waals surface area contributed by atoms with Crippen molar-refractivity contribution in [3.63, 3.8) is 0 Å². The summed E-state index contributed by atoms with van der Waals surface area (Å²) in [4.78, 5) is 21.2. The third-order valence-electron chi connectivity index (χ3n) is 5.21. The number of carbonyl (C=O) groups excluding carboxylic acids is 1. The molecule has 4 rings (SSSR count). The molecule has 1 N–H and O–H groups in total. The van der Waals surface area contributed by atoms with Crippen LogP contribution >= 0.6 is 11.3 Å². The van der Waals surface area contributed by atoms with E-state index in [0.29, 0.717) is 5.56 Å². The Kier molecular flexibility index (Phi) is 5.65. The van der Waals surface area contributed by atoms with Crippen LogP contribution in [0.25, 0.3) is 10.6 Å². The van der Waals surface area contributed by atoms with Gasteiger partial charge in [-0.05, 0) is 49.6 Å². The molecular weight excluding hydrogens is 382 g/mol. The first kappa shape index (κ1) is 19.6. The molecule has 6 heteroatoms. The molecule has 29 heavy (non-hydrogen) atoms. The van der Waals surface area contributed by atoms with Crippen molar-refractivity contribution in [3.8, 4) is 10.6 Å². The zero-order valence-electron chi connectivity index (χ0n) is 16.9. The van der Waals surface area contributed by atoms with Gasteiger partial charge in [0.2, 0.25) is 0 Å². The lowest BCUT2D eigenvalue weighted by Gasteiger charge is -2.19. The molecule has 1 heterocycles. The minimum absolute atomic E-state index is 0.104. The third-order valence-corrected chi connectivity index (χ3v) is 6.43. The number of fused-ring (bicyclic) bond motifs is 1. The summed E-state index contributed by atoms with van der Waals surface area (Å²) in [5, 5.41) is 3.89. The number of benzene rings is 2. The second-order valence-corrected chi connectivity index (χ2v) is 8.42. The third kappa shape index (κ3) is 4.04. The number of hydrogen-bond donors (Lipinski definition) is 1. The van der Waals surface area contributed by atoms with Gasteiger partial charge in [0.25, 0.3) is 5.91 Å². The highest BCUT2D eigenvalue weighted by molar-refractivity contribution is 7.15. The normalized spacial score (nSPS) is 15.6. The van der Waals surface area contributed by atoms with E-state index in [-0.39, 0.29) is 12.0 Å². The number of carbonyl (C=O) groups is 1. The Bertz CT molecular complexity index is 1010. The van der Waals surface area contributed by atoms with Crippen molar-refractivity contribution in [2.45, 2.75) is 25.4 Å². The fraction of sp³-hybridized carbons (Fsp3) is 0.304. The van der Waals surface area contributed by atoms with Crippen molar-refractivity contribution in [1.29, 1.82) is 0 Å². The molecule has 0 fully saturated rings. The SMILES string of the molecule is COC1CCCc2nc(-c3ccc(N(C)C)cc3C(=O)Nc3ccccc3)sc21. The second kappa shape index (κ2) is 8.35. The van der Waals surface area contributed by atoms with Gasteiger partial charge in [0.05, 0.1) is 22.2 Å². The maximum atomic E-state index is 13.2. The van der Waals surface area contributed by atoms with Gasteiger partial charge in [0, 0.05) is 38.1 Å². The molecule has 1 unspecified atom stereocenters.